The number of carbonyl (C=O) groups is 2. The Labute approximate surface area is 153 Å². The van der Waals surface area contributed by atoms with Crippen molar-refractivity contribution in [3.05, 3.63) is 0 Å². The maximum Gasteiger partial charge on any atom is 0.238 e. The van der Waals surface area contributed by atoms with Gasteiger partial charge in [0.25, 0.3) is 0 Å². The maximum atomic E-state index is 12.2. The highest BCUT2D eigenvalue weighted by molar-refractivity contribution is 7.88. The van der Waals surface area contributed by atoms with Crippen molar-refractivity contribution in [2.24, 2.45) is 11.7 Å². The minimum atomic E-state index is -3.62. The van der Waals surface area contributed by atoms with Crippen molar-refractivity contribution >= 4 is 27.8 Å². The summed E-state index contributed by atoms with van der Waals surface area (Å²) >= 11 is 0. The lowest BCUT2D eigenvalue weighted by Gasteiger charge is -2.33. The summed E-state index contributed by atoms with van der Waals surface area (Å²) in [5.74, 6) is -0.682. The molecule has 2 atom stereocenters. The molecule has 0 spiro atoms. The number of hydrogen-bond acceptors (Lipinski definition) is 5. The van der Waals surface area contributed by atoms with E-state index in [4.69, 9.17) is 11.1 Å². The lowest BCUT2D eigenvalue weighted by atomic mass is 9.98. The van der Waals surface area contributed by atoms with Crippen LogP contribution in [0, 0.1) is 11.3 Å². The Balaban J connectivity index is 1.83. The van der Waals surface area contributed by atoms with Crippen LogP contribution in [-0.4, -0.2) is 69.1 Å². The van der Waals surface area contributed by atoms with E-state index in [1.165, 1.54) is 0 Å². The van der Waals surface area contributed by atoms with Gasteiger partial charge in [0.1, 0.15) is 6.04 Å². The van der Waals surface area contributed by atoms with E-state index < -0.39 is 27.9 Å². The Morgan fingerprint density at radius 2 is 2.00 bits per heavy atom. The number of carbonyl (C=O) groups excluding carboxylic acids is 2. The number of hydrogen-bond donors (Lipinski definition) is 5. The Morgan fingerprint density at radius 3 is 2.58 bits per heavy atom. The Morgan fingerprint density at radius 1 is 1.31 bits per heavy atom. The summed E-state index contributed by atoms with van der Waals surface area (Å²) in [6, 6.07) is -1.04. The van der Waals surface area contributed by atoms with Gasteiger partial charge in [0.05, 0.1) is 12.7 Å². The second kappa shape index (κ2) is 8.67. The van der Waals surface area contributed by atoms with Gasteiger partial charge in [-0.15, -0.1) is 0 Å². The first-order chi connectivity index (χ1) is 12.1. The number of sulfonamides is 1. The summed E-state index contributed by atoms with van der Waals surface area (Å²) in [5, 5.41) is 13.0. The zero-order chi connectivity index (χ0) is 19.3. The van der Waals surface area contributed by atoms with Gasteiger partial charge >= 0.3 is 0 Å². The van der Waals surface area contributed by atoms with Crippen LogP contribution in [-0.2, 0) is 19.6 Å². The van der Waals surface area contributed by atoms with Crippen LogP contribution < -0.4 is 21.1 Å². The van der Waals surface area contributed by atoms with E-state index in [1.54, 1.807) is 4.90 Å². The third-order valence-electron chi connectivity index (χ3n) is 4.43. The molecule has 0 radical (unpaired) electrons. The number of nitrogens with one attached hydrogen (secondary N) is 4. The molecule has 1 saturated carbocycles. The van der Waals surface area contributed by atoms with Crippen molar-refractivity contribution in [1.29, 1.82) is 5.41 Å². The molecule has 1 aliphatic carbocycles. The molecule has 11 heteroatoms. The summed E-state index contributed by atoms with van der Waals surface area (Å²) in [4.78, 5) is 26.1. The monoisotopic (exact) mass is 388 g/mol. The largest absolute Gasteiger partial charge is 0.370 e. The first-order valence-corrected chi connectivity index (χ1v) is 10.7. The molecule has 0 aromatic heterocycles. The molecule has 1 saturated heterocycles. The van der Waals surface area contributed by atoms with E-state index in [1.807, 2.05) is 0 Å². The number of likely N-dealkylation sites (tertiary alicyclic amines) is 1. The van der Waals surface area contributed by atoms with Gasteiger partial charge in [-0.1, -0.05) is 0 Å². The van der Waals surface area contributed by atoms with Gasteiger partial charge in [0.2, 0.25) is 21.8 Å². The van der Waals surface area contributed by atoms with Crippen LogP contribution in [0.15, 0.2) is 0 Å². The molecule has 1 aliphatic heterocycles. The molecule has 2 aliphatic rings. The van der Waals surface area contributed by atoms with Crippen molar-refractivity contribution < 1.29 is 18.0 Å². The fraction of sp³-hybridized carbons (Fsp3) is 0.800. The lowest BCUT2D eigenvalue weighted by Crippen LogP contribution is -2.50. The summed E-state index contributed by atoms with van der Waals surface area (Å²) in [6.07, 6.45) is 4.25. The minimum Gasteiger partial charge on any atom is -0.370 e. The van der Waals surface area contributed by atoms with E-state index in [2.05, 4.69) is 15.4 Å². The second-order valence-corrected chi connectivity index (χ2v) is 8.85. The van der Waals surface area contributed by atoms with Crippen LogP contribution in [0.5, 0.6) is 0 Å². The second-order valence-electron chi connectivity index (χ2n) is 7.07. The van der Waals surface area contributed by atoms with Crippen LogP contribution in [0.25, 0.3) is 0 Å². The Kier molecular flexibility index (Phi) is 6.81. The van der Waals surface area contributed by atoms with E-state index in [-0.39, 0.29) is 24.3 Å². The quantitative estimate of drug-likeness (QED) is 0.246. The molecular formula is C15H28N6O4S. The average molecular weight is 388 g/mol. The van der Waals surface area contributed by atoms with Gasteiger partial charge in [-0.25, -0.2) is 13.1 Å². The fourth-order valence-electron chi connectivity index (χ4n) is 2.94. The summed E-state index contributed by atoms with van der Waals surface area (Å²) < 4.78 is 25.2. The molecule has 10 nitrogen and oxygen atoms in total. The highest BCUT2D eigenvalue weighted by Gasteiger charge is 2.30. The lowest BCUT2D eigenvalue weighted by molar-refractivity contribution is -0.128. The molecule has 6 N–H and O–H groups in total. The van der Waals surface area contributed by atoms with Gasteiger partial charge in [-0.05, 0) is 31.6 Å². The van der Waals surface area contributed by atoms with Gasteiger partial charge in [-0.3, -0.25) is 15.0 Å². The zero-order valence-electron chi connectivity index (χ0n) is 15.0. The van der Waals surface area contributed by atoms with Crippen molar-refractivity contribution in [1.82, 2.24) is 20.3 Å². The highest BCUT2D eigenvalue weighted by atomic mass is 32.2. The SMILES string of the molecule is CS(=O)(=O)N[C@@H](CC(=O)NCC1CCCN(C(=N)N)C1)C(=O)NC1CC1. The number of nitrogens with two attached hydrogens (primary N) is 1. The first-order valence-electron chi connectivity index (χ1n) is 8.77. The smallest absolute Gasteiger partial charge is 0.238 e. The topological polar surface area (TPSA) is 157 Å². The minimum absolute atomic E-state index is 0.0233. The molecule has 0 aromatic carbocycles. The molecule has 2 rings (SSSR count). The van der Waals surface area contributed by atoms with Gasteiger partial charge in [0.15, 0.2) is 5.96 Å². The van der Waals surface area contributed by atoms with E-state index >= 15 is 0 Å². The standard InChI is InChI=1S/C15H28N6O4S/c1-26(24,25)20-12(14(23)19-11-4-5-11)7-13(22)18-8-10-3-2-6-21(9-10)15(16)17/h10-12,20H,2-9H2,1H3,(H3,16,17)(H,18,22)(H,19,23)/t10?,12-/m0/s1. The zero-order valence-corrected chi connectivity index (χ0v) is 15.8. The van der Waals surface area contributed by atoms with E-state index in [0.29, 0.717) is 13.1 Å². The molecular weight excluding hydrogens is 360 g/mol. The number of rotatable bonds is 8. The van der Waals surface area contributed by atoms with Gasteiger partial charge < -0.3 is 21.3 Å². The van der Waals surface area contributed by atoms with Gasteiger partial charge in [-0.2, -0.15) is 0 Å². The molecule has 2 amide bonds. The van der Waals surface area contributed by atoms with Crippen molar-refractivity contribution in [3.63, 3.8) is 0 Å². The molecule has 0 bridgehead atoms. The van der Waals surface area contributed by atoms with E-state index in [9.17, 15) is 18.0 Å². The van der Waals surface area contributed by atoms with Crippen LogP contribution in [0.2, 0.25) is 0 Å². The average Bonchev–Trinajstić information content (AvgIpc) is 3.35. The predicted molar refractivity (Wildman–Crippen MR) is 96.8 cm³/mol. The maximum absolute atomic E-state index is 12.2. The van der Waals surface area contributed by atoms with E-state index in [0.717, 1.165) is 38.5 Å². The number of guanidine groups is 1. The Bertz CT molecular complexity index is 649. The van der Waals surface area contributed by atoms with Crippen LogP contribution >= 0.6 is 0 Å². The Hall–Kier alpha value is -1.88. The number of amides is 2. The third-order valence-corrected chi connectivity index (χ3v) is 5.15. The molecule has 1 unspecified atom stereocenters. The first kappa shape index (κ1) is 20.4. The molecule has 26 heavy (non-hydrogen) atoms. The molecule has 0 aromatic rings. The summed E-state index contributed by atoms with van der Waals surface area (Å²) in [5.41, 5.74) is 5.50. The summed E-state index contributed by atoms with van der Waals surface area (Å²) in [7, 11) is -3.62. The van der Waals surface area contributed by atoms with Crippen LogP contribution in [0.1, 0.15) is 32.1 Å². The number of nitrogens with zero attached hydrogens (tertiary/aromatic N) is 1. The fourth-order valence-corrected chi connectivity index (χ4v) is 3.65. The number of piperidine rings is 1. The molecule has 2 fully saturated rings. The van der Waals surface area contributed by atoms with Crippen molar-refractivity contribution in [2.45, 2.75) is 44.2 Å². The summed E-state index contributed by atoms with van der Waals surface area (Å²) in [6.45, 7) is 1.74. The van der Waals surface area contributed by atoms with Crippen molar-refractivity contribution in [2.75, 3.05) is 25.9 Å². The normalized spacial score (nSPS) is 21.7. The van der Waals surface area contributed by atoms with Crippen LogP contribution in [0.4, 0.5) is 0 Å². The van der Waals surface area contributed by atoms with Gasteiger partial charge in [0, 0.05) is 25.7 Å². The highest BCUT2D eigenvalue weighted by Crippen LogP contribution is 2.19. The van der Waals surface area contributed by atoms with Crippen LogP contribution in [0.3, 0.4) is 0 Å². The molecule has 1 heterocycles. The van der Waals surface area contributed by atoms with Crippen molar-refractivity contribution in [3.8, 4) is 0 Å². The third kappa shape index (κ3) is 7.16. The predicted octanol–water partition coefficient (Wildman–Crippen LogP) is -1.71. The molecule has 148 valence electrons.